The lowest BCUT2D eigenvalue weighted by Crippen LogP contribution is -2.41. The largest absolute Gasteiger partial charge is 0.340 e. The molecule has 8 heteroatoms. The van der Waals surface area contributed by atoms with Crippen molar-refractivity contribution in [2.75, 3.05) is 12.0 Å². The molecule has 0 spiro atoms. The molecule has 1 heterocycles. The molecule has 1 atom stereocenters. The fraction of sp³-hybridized carbons (Fsp3) is 0.714. The van der Waals surface area contributed by atoms with Gasteiger partial charge in [-0.3, -0.25) is 0 Å². The molecule has 0 saturated carbocycles. The molecule has 0 saturated heterocycles. The van der Waals surface area contributed by atoms with Crippen molar-refractivity contribution in [2.45, 2.75) is 19.4 Å². The van der Waals surface area contributed by atoms with Gasteiger partial charge in [0.25, 0.3) is 0 Å². The van der Waals surface area contributed by atoms with Crippen LogP contribution >= 0.6 is 17.0 Å². The van der Waals surface area contributed by atoms with Gasteiger partial charge in [-0.25, -0.2) is 8.42 Å². The number of aromatic nitrogens is 2. The van der Waals surface area contributed by atoms with Crippen LogP contribution in [0.25, 0.3) is 0 Å². The molecule has 0 aliphatic carbocycles. The van der Waals surface area contributed by atoms with E-state index in [0.717, 1.165) is 6.26 Å². The minimum Gasteiger partial charge on any atom is -0.340 e. The number of aryl methyl sites for hydroxylation is 1. The summed E-state index contributed by atoms with van der Waals surface area (Å²) in [5.41, 5.74) is 4.67. The van der Waals surface area contributed by atoms with E-state index in [1.807, 2.05) is 0 Å². The molecule has 0 aliphatic rings. The van der Waals surface area contributed by atoms with Gasteiger partial charge in [-0.05, 0) is 6.92 Å². The maximum absolute atomic E-state index is 11.1. The van der Waals surface area contributed by atoms with Gasteiger partial charge in [0.15, 0.2) is 5.82 Å². The first kappa shape index (κ1) is 14.5. The van der Waals surface area contributed by atoms with E-state index in [2.05, 4.69) is 10.1 Å². The Kier molecular flexibility index (Phi) is 4.44. The van der Waals surface area contributed by atoms with E-state index >= 15 is 0 Å². The van der Waals surface area contributed by atoms with Gasteiger partial charge in [-0.2, -0.15) is 4.98 Å². The smallest absolute Gasteiger partial charge is 0.223 e. The Hall–Kier alpha value is -0.470. The van der Waals surface area contributed by atoms with Gasteiger partial charge >= 0.3 is 0 Å². The van der Waals surface area contributed by atoms with Crippen molar-refractivity contribution in [3.63, 3.8) is 0 Å². The van der Waals surface area contributed by atoms with Gasteiger partial charge in [0.2, 0.25) is 5.89 Å². The van der Waals surface area contributed by atoms with Crippen LogP contribution in [0.15, 0.2) is 4.52 Å². The Morgan fingerprint density at radius 3 is 2.40 bits per heavy atom. The summed E-state index contributed by atoms with van der Waals surface area (Å²) in [5.74, 6) is 0.365. The van der Waals surface area contributed by atoms with E-state index < -0.39 is 15.4 Å². The van der Waals surface area contributed by atoms with Gasteiger partial charge in [0.05, 0.1) is 11.3 Å². The van der Waals surface area contributed by atoms with Crippen molar-refractivity contribution in [2.24, 2.45) is 5.73 Å². The minimum absolute atomic E-state index is 0. The van der Waals surface area contributed by atoms with Crippen LogP contribution in [0.1, 0.15) is 18.6 Å². The standard InChI is InChI=1S/C7H13N3O3S.BrH/c1-5-9-6(10-13-5)7(2,8)4-14(3,11)12;/h4,8H2,1-3H3;1H. The predicted molar refractivity (Wildman–Crippen MR) is 60.6 cm³/mol. The number of sulfone groups is 1. The van der Waals surface area contributed by atoms with Crippen molar-refractivity contribution >= 4 is 26.8 Å². The molecule has 2 N–H and O–H groups in total. The number of rotatable bonds is 3. The summed E-state index contributed by atoms with van der Waals surface area (Å²) in [4.78, 5) is 3.90. The average Bonchev–Trinajstić information content (AvgIpc) is 2.29. The number of nitrogens with zero attached hydrogens (tertiary/aromatic N) is 2. The second-order valence-corrected chi connectivity index (χ2v) is 5.76. The zero-order valence-corrected chi connectivity index (χ0v) is 11.2. The highest BCUT2D eigenvalue weighted by Gasteiger charge is 2.31. The Balaban J connectivity index is 0.00000196. The maximum Gasteiger partial charge on any atom is 0.223 e. The van der Waals surface area contributed by atoms with Gasteiger partial charge in [0.1, 0.15) is 9.84 Å². The highest BCUT2D eigenvalue weighted by molar-refractivity contribution is 8.93. The van der Waals surface area contributed by atoms with Crippen LogP contribution in [-0.4, -0.2) is 30.6 Å². The lowest BCUT2D eigenvalue weighted by Gasteiger charge is -2.18. The van der Waals surface area contributed by atoms with E-state index in [0.29, 0.717) is 5.89 Å². The minimum atomic E-state index is -3.17. The van der Waals surface area contributed by atoms with Crippen molar-refractivity contribution < 1.29 is 12.9 Å². The summed E-state index contributed by atoms with van der Waals surface area (Å²) in [6.45, 7) is 3.17. The molecule has 0 fully saturated rings. The molecule has 1 unspecified atom stereocenters. The van der Waals surface area contributed by atoms with E-state index in [9.17, 15) is 8.42 Å². The Labute approximate surface area is 98.9 Å². The second-order valence-electron chi connectivity index (χ2n) is 3.62. The van der Waals surface area contributed by atoms with Crippen molar-refractivity contribution in [3.8, 4) is 0 Å². The van der Waals surface area contributed by atoms with E-state index in [4.69, 9.17) is 10.3 Å². The molecule has 1 aromatic rings. The third-order valence-corrected chi connectivity index (χ3v) is 2.72. The fourth-order valence-electron chi connectivity index (χ4n) is 1.14. The summed E-state index contributed by atoms with van der Waals surface area (Å²) < 4.78 is 26.9. The third kappa shape index (κ3) is 4.27. The quantitative estimate of drug-likeness (QED) is 0.854. The molecular formula is C7H14BrN3O3S. The summed E-state index contributed by atoms with van der Waals surface area (Å²) in [5, 5.41) is 3.60. The number of nitrogens with two attached hydrogens (primary N) is 1. The van der Waals surface area contributed by atoms with E-state index in [-0.39, 0.29) is 28.6 Å². The molecule has 0 radical (unpaired) electrons. The lowest BCUT2D eigenvalue weighted by atomic mass is 10.1. The summed E-state index contributed by atoms with van der Waals surface area (Å²) in [6, 6.07) is 0. The van der Waals surface area contributed by atoms with Crippen LogP contribution in [0.4, 0.5) is 0 Å². The Morgan fingerprint density at radius 1 is 1.53 bits per heavy atom. The van der Waals surface area contributed by atoms with Crippen LogP contribution in [0.5, 0.6) is 0 Å². The van der Waals surface area contributed by atoms with Gasteiger partial charge in [0, 0.05) is 13.2 Å². The molecule has 0 bridgehead atoms. The summed E-state index contributed by atoms with van der Waals surface area (Å²) in [6.07, 6.45) is 1.12. The Bertz CT molecular complexity index is 426. The number of hydrogen-bond acceptors (Lipinski definition) is 6. The highest BCUT2D eigenvalue weighted by atomic mass is 79.9. The van der Waals surface area contributed by atoms with Crippen LogP contribution < -0.4 is 5.73 Å². The molecule has 0 amide bonds. The molecule has 0 aromatic carbocycles. The normalized spacial score (nSPS) is 15.5. The summed E-state index contributed by atoms with van der Waals surface area (Å²) >= 11 is 0. The molecule has 1 aromatic heterocycles. The van der Waals surface area contributed by atoms with Gasteiger partial charge in [-0.15, -0.1) is 17.0 Å². The third-order valence-electron chi connectivity index (χ3n) is 1.60. The number of halogens is 1. The first-order chi connectivity index (χ1) is 6.21. The van der Waals surface area contributed by atoms with Crippen molar-refractivity contribution in [1.29, 1.82) is 0 Å². The number of hydrogen-bond donors (Lipinski definition) is 1. The first-order valence-electron chi connectivity index (χ1n) is 3.98. The van der Waals surface area contributed by atoms with Crippen LogP contribution in [0.2, 0.25) is 0 Å². The average molecular weight is 300 g/mol. The monoisotopic (exact) mass is 299 g/mol. The predicted octanol–water partition coefficient (Wildman–Crippen LogP) is 0.174. The lowest BCUT2D eigenvalue weighted by molar-refractivity contribution is 0.372. The molecule has 15 heavy (non-hydrogen) atoms. The first-order valence-corrected chi connectivity index (χ1v) is 6.04. The molecule has 0 aliphatic heterocycles. The van der Waals surface area contributed by atoms with Crippen LogP contribution in [0, 0.1) is 6.92 Å². The van der Waals surface area contributed by atoms with Crippen LogP contribution in [0.3, 0.4) is 0 Å². The topological polar surface area (TPSA) is 99.1 Å². The van der Waals surface area contributed by atoms with Crippen molar-refractivity contribution in [3.05, 3.63) is 11.7 Å². The zero-order chi connectivity index (χ0) is 11.0. The molecular weight excluding hydrogens is 286 g/mol. The molecule has 1 rings (SSSR count). The fourth-order valence-corrected chi connectivity index (χ4v) is 2.36. The van der Waals surface area contributed by atoms with Crippen LogP contribution in [-0.2, 0) is 15.4 Å². The molecule has 6 nitrogen and oxygen atoms in total. The SMILES string of the molecule is Br.Cc1nc(C(C)(N)CS(C)(=O)=O)no1. The molecule has 88 valence electrons. The second kappa shape index (κ2) is 4.58. The maximum atomic E-state index is 11.1. The van der Waals surface area contributed by atoms with E-state index in [1.165, 1.54) is 0 Å². The summed E-state index contributed by atoms with van der Waals surface area (Å²) in [7, 11) is -3.17. The van der Waals surface area contributed by atoms with Crippen molar-refractivity contribution in [1.82, 2.24) is 10.1 Å². The Morgan fingerprint density at radius 2 is 2.07 bits per heavy atom. The van der Waals surface area contributed by atoms with E-state index in [1.54, 1.807) is 13.8 Å². The highest BCUT2D eigenvalue weighted by Crippen LogP contribution is 2.15. The van der Waals surface area contributed by atoms with Gasteiger partial charge < -0.3 is 10.3 Å². The van der Waals surface area contributed by atoms with Gasteiger partial charge in [-0.1, -0.05) is 5.16 Å². The zero-order valence-electron chi connectivity index (χ0n) is 8.72.